The van der Waals surface area contributed by atoms with Gasteiger partial charge >= 0.3 is 0 Å². The average molecular weight is 362 g/mol. The molecule has 106 valence electrons. The average Bonchev–Trinajstić information content (AvgIpc) is 2.47. The van der Waals surface area contributed by atoms with E-state index in [1.165, 1.54) is 0 Å². The molecule has 1 unspecified atom stereocenters. The van der Waals surface area contributed by atoms with Crippen molar-refractivity contribution in [3.8, 4) is 0 Å². The van der Waals surface area contributed by atoms with Gasteiger partial charge in [0.15, 0.2) is 0 Å². The molecule has 0 aliphatic carbocycles. The van der Waals surface area contributed by atoms with Crippen molar-refractivity contribution in [2.75, 3.05) is 5.32 Å². The number of nitrogens with one attached hydrogen (secondary N) is 1. The largest absolute Gasteiger partial charge is 0.378 e. The Morgan fingerprint density at radius 2 is 2.00 bits per heavy atom. The maximum atomic E-state index is 6.31. The minimum Gasteiger partial charge on any atom is -0.378 e. The highest BCUT2D eigenvalue weighted by Crippen LogP contribution is 2.29. The Hall–Kier alpha value is -1.58. The molecular formula is C17H14BrClN2. The van der Waals surface area contributed by atoms with E-state index >= 15 is 0 Å². The molecule has 3 rings (SSSR count). The third-order valence-electron chi connectivity index (χ3n) is 3.42. The van der Waals surface area contributed by atoms with Crippen LogP contribution in [0.15, 0.2) is 59.2 Å². The minimum absolute atomic E-state index is 0.125. The van der Waals surface area contributed by atoms with Crippen LogP contribution in [0, 0.1) is 0 Å². The summed E-state index contributed by atoms with van der Waals surface area (Å²) < 4.78 is 0.986. The number of anilines is 1. The molecule has 0 aliphatic heterocycles. The van der Waals surface area contributed by atoms with Crippen LogP contribution in [0.5, 0.6) is 0 Å². The summed E-state index contributed by atoms with van der Waals surface area (Å²) in [7, 11) is 0. The van der Waals surface area contributed by atoms with Crippen LogP contribution in [0.2, 0.25) is 5.02 Å². The van der Waals surface area contributed by atoms with Crippen molar-refractivity contribution in [2.45, 2.75) is 13.0 Å². The summed E-state index contributed by atoms with van der Waals surface area (Å²) in [5.41, 5.74) is 3.13. The SMILES string of the molecule is CC(Nc1ccc2ncccc2c1)c1ccc(Br)cc1Cl. The molecule has 2 aromatic carbocycles. The van der Waals surface area contributed by atoms with Gasteiger partial charge in [0.2, 0.25) is 0 Å². The maximum Gasteiger partial charge on any atom is 0.0703 e. The van der Waals surface area contributed by atoms with Crippen LogP contribution in [-0.4, -0.2) is 4.98 Å². The van der Waals surface area contributed by atoms with Gasteiger partial charge in [0.1, 0.15) is 0 Å². The van der Waals surface area contributed by atoms with Crippen LogP contribution in [0.25, 0.3) is 10.9 Å². The Kier molecular flexibility index (Phi) is 4.13. The Balaban J connectivity index is 1.87. The van der Waals surface area contributed by atoms with Gasteiger partial charge in [-0.25, -0.2) is 0 Å². The number of benzene rings is 2. The zero-order valence-corrected chi connectivity index (χ0v) is 13.8. The summed E-state index contributed by atoms with van der Waals surface area (Å²) in [5, 5.41) is 5.36. The highest BCUT2D eigenvalue weighted by molar-refractivity contribution is 9.10. The summed E-state index contributed by atoms with van der Waals surface area (Å²) in [6.07, 6.45) is 1.81. The summed E-state index contributed by atoms with van der Waals surface area (Å²) in [6, 6.07) is 16.2. The molecule has 3 aromatic rings. The second-order valence-corrected chi connectivity index (χ2v) is 6.27. The second kappa shape index (κ2) is 6.04. The fourth-order valence-corrected chi connectivity index (χ4v) is 3.18. The van der Waals surface area contributed by atoms with E-state index in [0.29, 0.717) is 0 Å². The first-order valence-corrected chi connectivity index (χ1v) is 7.87. The van der Waals surface area contributed by atoms with E-state index in [0.717, 1.165) is 31.6 Å². The van der Waals surface area contributed by atoms with Crippen LogP contribution in [-0.2, 0) is 0 Å². The van der Waals surface area contributed by atoms with Crippen molar-refractivity contribution in [3.63, 3.8) is 0 Å². The third kappa shape index (κ3) is 3.20. The first kappa shape index (κ1) is 14.4. The quantitative estimate of drug-likeness (QED) is 0.635. The molecular weight excluding hydrogens is 348 g/mol. The molecule has 0 amide bonds. The number of pyridine rings is 1. The van der Waals surface area contributed by atoms with Gasteiger partial charge in [-0.05, 0) is 48.9 Å². The lowest BCUT2D eigenvalue weighted by Crippen LogP contribution is -2.07. The summed E-state index contributed by atoms with van der Waals surface area (Å²) in [5.74, 6) is 0. The van der Waals surface area contributed by atoms with Crippen molar-refractivity contribution >= 4 is 44.1 Å². The van der Waals surface area contributed by atoms with Gasteiger partial charge in [0.05, 0.1) is 5.52 Å². The molecule has 2 nitrogen and oxygen atoms in total. The van der Waals surface area contributed by atoms with E-state index in [-0.39, 0.29) is 6.04 Å². The van der Waals surface area contributed by atoms with Crippen molar-refractivity contribution in [1.82, 2.24) is 4.98 Å². The van der Waals surface area contributed by atoms with E-state index in [4.69, 9.17) is 11.6 Å². The Labute approximate surface area is 137 Å². The normalized spacial score (nSPS) is 12.3. The number of hydrogen-bond acceptors (Lipinski definition) is 2. The zero-order valence-electron chi connectivity index (χ0n) is 11.5. The van der Waals surface area contributed by atoms with Crippen molar-refractivity contribution in [2.24, 2.45) is 0 Å². The lowest BCUT2D eigenvalue weighted by molar-refractivity contribution is 0.885. The Morgan fingerprint density at radius 3 is 2.81 bits per heavy atom. The van der Waals surface area contributed by atoms with Crippen LogP contribution in [0.3, 0.4) is 0 Å². The van der Waals surface area contributed by atoms with E-state index in [9.17, 15) is 0 Å². The molecule has 1 atom stereocenters. The second-order valence-electron chi connectivity index (χ2n) is 4.94. The molecule has 1 heterocycles. The summed E-state index contributed by atoms with van der Waals surface area (Å²) >= 11 is 9.73. The minimum atomic E-state index is 0.125. The van der Waals surface area contributed by atoms with Crippen LogP contribution >= 0.6 is 27.5 Å². The predicted octanol–water partition coefficient (Wildman–Crippen LogP) is 5.82. The summed E-state index contributed by atoms with van der Waals surface area (Å²) in [6.45, 7) is 2.10. The number of hydrogen-bond donors (Lipinski definition) is 1. The van der Waals surface area contributed by atoms with Crippen LogP contribution in [0.1, 0.15) is 18.5 Å². The molecule has 0 aliphatic rings. The monoisotopic (exact) mass is 360 g/mol. The highest BCUT2D eigenvalue weighted by Gasteiger charge is 2.10. The van der Waals surface area contributed by atoms with Gasteiger partial charge in [-0.15, -0.1) is 0 Å². The summed E-state index contributed by atoms with van der Waals surface area (Å²) in [4.78, 5) is 4.33. The molecule has 4 heteroatoms. The number of nitrogens with zero attached hydrogens (tertiary/aromatic N) is 1. The molecule has 21 heavy (non-hydrogen) atoms. The Bertz CT molecular complexity index is 789. The number of rotatable bonds is 3. The lowest BCUT2D eigenvalue weighted by atomic mass is 10.1. The first-order chi connectivity index (χ1) is 10.1. The van der Waals surface area contributed by atoms with E-state index in [2.05, 4.69) is 45.3 Å². The Morgan fingerprint density at radius 1 is 1.14 bits per heavy atom. The predicted molar refractivity (Wildman–Crippen MR) is 92.9 cm³/mol. The molecule has 0 spiro atoms. The molecule has 1 N–H and O–H groups in total. The van der Waals surface area contributed by atoms with Crippen LogP contribution < -0.4 is 5.32 Å². The molecule has 0 saturated heterocycles. The van der Waals surface area contributed by atoms with Crippen molar-refractivity contribution < 1.29 is 0 Å². The van der Waals surface area contributed by atoms with Gasteiger partial charge < -0.3 is 5.32 Å². The molecule has 0 bridgehead atoms. The van der Waals surface area contributed by atoms with Crippen molar-refractivity contribution in [3.05, 3.63) is 69.8 Å². The maximum absolute atomic E-state index is 6.31. The smallest absolute Gasteiger partial charge is 0.0703 e. The first-order valence-electron chi connectivity index (χ1n) is 6.70. The molecule has 0 radical (unpaired) electrons. The lowest BCUT2D eigenvalue weighted by Gasteiger charge is -2.17. The molecule has 0 fully saturated rings. The van der Waals surface area contributed by atoms with E-state index in [1.807, 2.05) is 36.4 Å². The number of fused-ring (bicyclic) bond motifs is 1. The number of halogens is 2. The standard InChI is InChI=1S/C17H14BrClN2/c1-11(15-6-4-13(18)10-16(15)19)21-14-5-7-17-12(9-14)3-2-8-20-17/h2-11,21H,1H3. The topological polar surface area (TPSA) is 24.9 Å². The fourth-order valence-electron chi connectivity index (χ4n) is 2.35. The van der Waals surface area contributed by atoms with Crippen molar-refractivity contribution in [1.29, 1.82) is 0 Å². The molecule has 1 aromatic heterocycles. The van der Waals surface area contributed by atoms with Gasteiger partial charge in [0.25, 0.3) is 0 Å². The highest BCUT2D eigenvalue weighted by atomic mass is 79.9. The van der Waals surface area contributed by atoms with Gasteiger partial charge in [-0.3, -0.25) is 4.98 Å². The molecule has 0 saturated carbocycles. The van der Waals surface area contributed by atoms with E-state index in [1.54, 1.807) is 6.20 Å². The van der Waals surface area contributed by atoms with Gasteiger partial charge in [-0.1, -0.05) is 39.7 Å². The zero-order chi connectivity index (χ0) is 14.8. The van der Waals surface area contributed by atoms with E-state index < -0.39 is 0 Å². The number of aromatic nitrogens is 1. The third-order valence-corrected chi connectivity index (χ3v) is 4.24. The fraction of sp³-hybridized carbons (Fsp3) is 0.118. The van der Waals surface area contributed by atoms with Gasteiger partial charge in [-0.2, -0.15) is 0 Å². The van der Waals surface area contributed by atoms with Gasteiger partial charge in [0, 0.05) is 32.8 Å². The van der Waals surface area contributed by atoms with Crippen LogP contribution in [0.4, 0.5) is 5.69 Å².